The summed E-state index contributed by atoms with van der Waals surface area (Å²) in [6.45, 7) is 2.41. The molecule has 2 nitrogen and oxygen atoms in total. The lowest BCUT2D eigenvalue weighted by molar-refractivity contribution is 0.949. The molecule has 60 valence electrons. The van der Waals surface area contributed by atoms with E-state index in [4.69, 9.17) is 0 Å². The molecule has 1 aromatic rings. The molecule has 2 heterocycles. The summed E-state index contributed by atoms with van der Waals surface area (Å²) in [6.07, 6.45) is 4.60. The third-order valence-electron chi connectivity index (χ3n) is 1.88. The highest BCUT2D eigenvalue weighted by Gasteiger charge is 2.13. The Hall–Kier alpha value is -0.0900. The molecule has 0 aromatic carbocycles. The molecule has 1 aliphatic rings. The zero-order valence-corrected chi connectivity index (χ0v) is 8.49. The van der Waals surface area contributed by atoms with Crippen LogP contribution in [0.1, 0.15) is 12.8 Å². The van der Waals surface area contributed by atoms with Gasteiger partial charge < -0.3 is 4.90 Å². The van der Waals surface area contributed by atoms with Gasteiger partial charge in [0.2, 0.25) is 0 Å². The smallest absolute Gasteiger partial charge is 0.161 e. The molecular weight excluding hydrogens is 224 g/mol. The maximum Gasteiger partial charge on any atom is 0.161 e. The van der Waals surface area contributed by atoms with E-state index in [9.17, 15) is 0 Å². The maximum absolute atomic E-state index is 4.15. The average molecular weight is 233 g/mol. The molecule has 11 heavy (non-hydrogen) atoms. The summed E-state index contributed by atoms with van der Waals surface area (Å²) in [7, 11) is 0. The minimum Gasteiger partial charge on any atom is -0.362 e. The first-order valence-electron chi connectivity index (χ1n) is 3.72. The molecule has 1 aliphatic heterocycles. The van der Waals surface area contributed by atoms with E-state index in [1.807, 2.05) is 6.20 Å². The van der Waals surface area contributed by atoms with Gasteiger partial charge in [-0.25, -0.2) is 4.98 Å². The lowest BCUT2D eigenvalue weighted by Crippen LogP contribution is -2.15. The molecule has 0 radical (unpaired) electrons. The standard InChI is InChI=1S/C7H9BrN2S/c8-7-9-5-6(11-7)10-3-1-2-4-10/h5H,1-4H2. The molecule has 0 saturated carbocycles. The summed E-state index contributed by atoms with van der Waals surface area (Å²) < 4.78 is 0.986. The van der Waals surface area contributed by atoms with E-state index < -0.39 is 0 Å². The number of hydrogen-bond acceptors (Lipinski definition) is 3. The molecule has 1 aromatic heterocycles. The van der Waals surface area contributed by atoms with Gasteiger partial charge in [0.1, 0.15) is 5.00 Å². The summed E-state index contributed by atoms with van der Waals surface area (Å²) in [4.78, 5) is 6.55. The Kier molecular flexibility index (Phi) is 2.13. The van der Waals surface area contributed by atoms with Crippen LogP contribution in [0.25, 0.3) is 0 Å². The summed E-state index contributed by atoms with van der Waals surface area (Å²) in [6, 6.07) is 0. The van der Waals surface area contributed by atoms with Gasteiger partial charge in [0.25, 0.3) is 0 Å². The topological polar surface area (TPSA) is 16.1 Å². The van der Waals surface area contributed by atoms with Gasteiger partial charge in [0.15, 0.2) is 3.92 Å². The van der Waals surface area contributed by atoms with E-state index in [1.165, 1.54) is 30.9 Å². The van der Waals surface area contributed by atoms with Crippen molar-refractivity contribution in [1.29, 1.82) is 0 Å². The zero-order chi connectivity index (χ0) is 7.68. The molecule has 4 heteroatoms. The third-order valence-corrected chi connectivity index (χ3v) is 3.42. The highest BCUT2D eigenvalue weighted by molar-refractivity contribution is 9.11. The van der Waals surface area contributed by atoms with E-state index in [1.54, 1.807) is 11.3 Å². The highest BCUT2D eigenvalue weighted by Crippen LogP contribution is 2.29. The molecule has 0 amide bonds. The van der Waals surface area contributed by atoms with Crippen LogP contribution in [0.5, 0.6) is 0 Å². The van der Waals surface area contributed by atoms with Crippen LogP contribution in [0.3, 0.4) is 0 Å². The molecule has 1 fully saturated rings. The minimum atomic E-state index is 0.986. The van der Waals surface area contributed by atoms with Crippen LogP contribution in [0, 0.1) is 0 Å². The lowest BCUT2D eigenvalue weighted by atomic mass is 10.4. The Morgan fingerprint density at radius 2 is 2.18 bits per heavy atom. The van der Waals surface area contributed by atoms with E-state index in [-0.39, 0.29) is 0 Å². The van der Waals surface area contributed by atoms with Crippen molar-refractivity contribution in [3.63, 3.8) is 0 Å². The van der Waals surface area contributed by atoms with Crippen LogP contribution >= 0.6 is 27.3 Å². The maximum atomic E-state index is 4.15. The quantitative estimate of drug-likeness (QED) is 0.740. The monoisotopic (exact) mass is 232 g/mol. The van der Waals surface area contributed by atoms with Crippen LogP contribution in [-0.4, -0.2) is 18.1 Å². The molecule has 2 rings (SSSR count). The van der Waals surface area contributed by atoms with Crippen molar-refractivity contribution in [1.82, 2.24) is 4.98 Å². The number of rotatable bonds is 1. The number of hydrogen-bond donors (Lipinski definition) is 0. The number of nitrogens with zero attached hydrogens (tertiary/aromatic N) is 2. The van der Waals surface area contributed by atoms with E-state index in [0.717, 1.165) is 3.92 Å². The van der Waals surface area contributed by atoms with Crippen LogP contribution in [0.2, 0.25) is 0 Å². The molecular formula is C7H9BrN2S. The molecule has 1 saturated heterocycles. The van der Waals surface area contributed by atoms with Gasteiger partial charge in [-0.05, 0) is 28.8 Å². The SMILES string of the molecule is Brc1ncc(N2CCCC2)s1. The number of halogens is 1. The Bertz CT molecular complexity index is 242. The van der Waals surface area contributed by atoms with Crippen molar-refractivity contribution in [2.24, 2.45) is 0 Å². The van der Waals surface area contributed by atoms with Crippen molar-refractivity contribution >= 4 is 32.3 Å². The predicted molar refractivity (Wildman–Crippen MR) is 51.3 cm³/mol. The number of thiazole rings is 1. The largest absolute Gasteiger partial charge is 0.362 e. The molecule has 0 N–H and O–H groups in total. The van der Waals surface area contributed by atoms with Gasteiger partial charge in [-0.15, -0.1) is 0 Å². The first-order chi connectivity index (χ1) is 5.36. The molecule has 0 bridgehead atoms. The normalized spacial score (nSPS) is 17.7. The lowest BCUT2D eigenvalue weighted by Gasteiger charge is -2.12. The summed E-state index contributed by atoms with van der Waals surface area (Å²) in [5.41, 5.74) is 0. The fourth-order valence-corrected chi connectivity index (χ4v) is 2.62. The Morgan fingerprint density at radius 1 is 1.45 bits per heavy atom. The highest BCUT2D eigenvalue weighted by atomic mass is 79.9. The Balaban J connectivity index is 2.15. The third kappa shape index (κ3) is 1.56. The van der Waals surface area contributed by atoms with Gasteiger partial charge in [0.05, 0.1) is 6.20 Å². The fraction of sp³-hybridized carbons (Fsp3) is 0.571. The van der Waals surface area contributed by atoms with Gasteiger partial charge in [-0.3, -0.25) is 0 Å². The zero-order valence-electron chi connectivity index (χ0n) is 6.09. The predicted octanol–water partition coefficient (Wildman–Crippen LogP) is 2.51. The van der Waals surface area contributed by atoms with Gasteiger partial charge in [-0.1, -0.05) is 11.3 Å². The van der Waals surface area contributed by atoms with Gasteiger partial charge in [0, 0.05) is 13.1 Å². The fourth-order valence-electron chi connectivity index (χ4n) is 1.33. The van der Waals surface area contributed by atoms with Crippen LogP contribution in [0.4, 0.5) is 5.00 Å². The van der Waals surface area contributed by atoms with E-state index >= 15 is 0 Å². The average Bonchev–Trinajstić information content (AvgIpc) is 2.55. The van der Waals surface area contributed by atoms with Crippen LogP contribution < -0.4 is 4.90 Å². The molecule has 0 atom stereocenters. The first-order valence-corrected chi connectivity index (χ1v) is 5.33. The summed E-state index contributed by atoms with van der Waals surface area (Å²) in [5.74, 6) is 0. The van der Waals surface area contributed by atoms with Crippen molar-refractivity contribution in [2.75, 3.05) is 18.0 Å². The van der Waals surface area contributed by atoms with Crippen molar-refractivity contribution < 1.29 is 0 Å². The van der Waals surface area contributed by atoms with E-state index in [2.05, 4.69) is 25.8 Å². The van der Waals surface area contributed by atoms with Crippen LogP contribution in [-0.2, 0) is 0 Å². The van der Waals surface area contributed by atoms with Gasteiger partial charge in [-0.2, -0.15) is 0 Å². The second-order valence-corrected chi connectivity index (χ2v) is 4.93. The summed E-state index contributed by atoms with van der Waals surface area (Å²) >= 11 is 5.08. The minimum absolute atomic E-state index is 0.986. The first kappa shape index (κ1) is 7.55. The number of aromatic nitrogens is 1. The van der Waals surface area contributed by atoms with Crippen LogP contribution in [0.15, 0.2) is 10.1 Å². The second kappa shape index (κ2) is 3.11. The summed E-state index contributed by atoms with van der Waals surface area (Å²) in [5, 5.41) is 1.30. The molecule has 0 aliphatic carbocycles. The van der Waals surface area contributed by atoms with Gasteiger partial charge >= 0.3 is 0 Å². The van der Waals surface area contributed by atoms with E-state index in [0.29, 0.717) is 0 Å². The Labute approximate surface area is 78.4 Å². The number of anilines is 1. The van der Waals surface area contributed by atoms with Crippen molar-refractivity contribution in [3.05, 3.63) is 10.1 Å². The molecule has 0 unspecified atom stereocenters. The molecule has 0 spiro atoms. The Morgan fingerprint density at radius 3 is 2.73 bits per heavy atom. The van der Waals surface area contributed by atoms with Crippen molar-refractivity contribution in [3.8, 4) is 0 Å². The van der Waals surface area contributed by atoms with Crippen molar-refractivity contribution in [2.45, 2.75) is 12.8 Å². The second-order valence-electron chi connectivity index (χ2n) is 2.65.